The maximum absolute atomic E-state index is 13.2. The molecule has 1 heterocycles. The molecule has 0 spiro atoms. The van der Waals surface area contributed by atoms with Crippen LogP contribution in [0.25, 0.3) is 0 Å². The van der Waals surface area contributed by atoms with E-state index in [1.165, 1.54) is 12.1 Å². The maximum Gasteiger partial charge on any atom is 0.243 e. The number of rotatable bonds is 2. The van der Waals surface area contributed by atoms with Gasteiger partial charge >= 0.3 is 0 Å². The van der Waals surface area contributed by atoms with Gasteiger partial charge in [-0.1, -0.05) is 0 Å². The summed E-state index contributed by atoms with van der Waals surface area (Å²) in [4.78, 5) is -0.0971. The fraction of sp³-hybridized carbons (Fsp3) is 0.333. The van der Waals surface area contributed by atoms with Crippen LogP contribution in [0.15, 0.2) is 27.6 Å². The monoisotopic (exact) mass is 309 g/mol. The zero-order valence-corrected chi connectivity index (χ0v) is 10.5. The van der Waals surface area contributed by atoms with Gasteiger partial charge in [0.2, 0.25) is 10.0 Å². The van der Waals surface area contributed by atoms with Crippen molar-refractivity contribution in [3.8, 4) is 0 Å². The predicted molar refractivity (Wildman–Crippen MR) is 58.9 cm³/mol. The summed E-state index contributed by atoms with van der Waals surface area (Å²) in [6, 6.07) is 3.63. The summed E-state index contributed by atoms with van der Waals surface area (Å²) in [6.45, 7) is 0.139. The molecule has 2 rings (SSSR count). The van der Waals surface area contributed by atoms with Crippen LogP contribution >= 0.6 is 15.9 Å². The van der Waals surface area contributed by atoms with E-state index in [0.29, 0.717) is 0 Å². The third kappa shape index (κ3) is 2.00. The molecule has 0 bridgehead atoms. The summed E-state index contributed by atoms with van der Waals surface area (Å²) in [5, 5.41) is 9.04. The van der Waals surface area contributed by atoms with E-state index >= 15 is 0 Å². The Morgan fingerprint density at radius 1 is 1.44 bits per heavy atom. The van der Waals surface area contributed by atoms with Gasteiger partial charge in [0, 0.05) is 13.1 Å². The third-order valence-corrected chi connectivity index (χ3v) is 4.83. The van der Waals surface area contributed by atoms with Gasteiger partial charge in [0.1, 0.15) is 5.82 Å². The van der Waals surface area contributed by atoms with Gasteiger partial charge in [0.25, 0.3) is 0 Å². The number of aliphatic hydroxyl groups is 1. The molecule has 1 aliphatic rings. The summed E-state index contributed by atoms with van der Waals surface area (Å²) in [5.74, 6) is -0.623. The maximum atomic E-state index is 13.2. The van der Waals surface area contributed by atoms with Crippen molar-refractivity contribution in [3.05, 3.63) is 28.5 Å². The van der Waals surface area contributed by atoms with Crippen molar-refractivity contribution in [3.63, 3.8) is 0 Å². The molecule has 1 aromatic rings. The van der Waals surface area contributed by atoms with Crippen LogP contribution in [0.4, 0.5) is 4.39 Å². The quantitative estimate of drug-likeness (QED) is 0.885. The normalized spacial score (nSPS) is 18.4. The van der Waals surface area contributed by atoms with E-state index in [0.717, 1.165) is 10.4 Å². The molecule has 0 aliphatic carbocycles. The van der Waals surface area contributed by atoms with Crippen LogP contribution < -0.4 is 0 Å². The van der Waals surface area contributed by atoms with Crippen molar-refractivity contribution >= 4 is 26.0 Å². The van der Waals surface area contributed by atoms with E-state index < -0.39 is 21.9 Å². The first-order chi connectivity index (χ1) is 7.41. The van der Waals surface area contributed by atoms with Crippen molar-refractivity contribution < 1.29 is 17.9 Å². The first kappa shape index (κ1) is 12.0. The molecule has 0 aromatic heterocycles. The minimum Gasteiger partial charge on any atom is -0.390 e. The summed E-state index contributed by atoms with van der Waals surface area (Å²) in [6.07, 6.45) is -0.616. The molecular formula is C9H9BrFNO3S. The molecule has 1 aromatic carbocycles. The van der Waals surface area contributed by atoms with Crippen molar-refractivity contribution in [1.29, 1.82) is 0 Å². The molecular weight excluding hydrogens is 301 g/mol. The highest BCUT2D eigenvalue weighted by molar-refractivity contribution is 9.10. The molecule has 1 fully saturated rings. The number of sulfonamides is 1. The Hall–Kier alpha value is -0.500. The van der Waals surface area contributed by atoms with Crippen molar-refractivity contribution in [2.75, 3.05) is 13.1 Å². The van der Waals surface area contributed by atoms with Gasteiger partial charge < -0.3 is 5.11 Å². The van der Waals surface area contributed by atoms with Crippen LogP contribution in [-0.4, -0.2) is 37.0 Å². The van der Waals surface area contributed by atoms with Crippen molar-refractivity contribution in [1.82, 2.24) is 4.31 Å². The van der Waals surface area contributed by atoms with Crippen LogP contribution in [0.3, 0.4) is 0 Å². The topological polar surface area (TPSA) is 57.6 Å². The summed E-state index contributed by atoms with van der Waals surface area (Å²) in [7, 11) is -3.66. The Labute approximate surface area is 101 Å². The second kappa shape index (κ2) is 4.06. The van der Waals surface area contributed by atoms with Gasteiger partial charge in [-0.2, -0.15) is 4.31 Å². The van der Waals surface area contributed by atoms with Gasteiger partial charge in [-0.25, -0.2) is 12.8 Å². The Bertz CT molecular complexity index is 513. The lowest BCUT2D eigenvalue weighted by molar-refractivity contribution is 0.0548. The SMILES string of the molecule is O=S(=O)(c1ccc(Br)c(F)c1)N1CC(O)C1. The Balaban J connectivity index is 2.33. The Kier molecular flexibility index (Phi) is 3.04. The Morgan fingerprint density at radius 2 is 2.06 bits per heavy atom. The average molecular weight is 310 g/mol. The minimum absolute atomic E-state index is 0.0695. The lowest BCUT2D eigenvalue weighted by atomic mass is 10.2. The molecule has 0 unspecified atom stereocenters. The zero-order chi connectivity index (χ0) is 11.9. The van der Waals surface area contributed by atoms with Gasteiger partial charge in [0.05, 0.1) is 15.5 Å². The van der Waals surface area contributed by atoms with Gasteiger partial charge in [0.15, 0.2) is 0 Å². The minimum atomic E-state index is -3.66. The van der Waals surface area contributed by atoms with Crippen LogP contribution in [0.2, 0.25) is 0 Å². The van der Waals surface area contributed by atoms with Crippen LogP contribution in [0.5, 0.6) is 0 Å². The molecule has 0 saturated carbocycles. The number of halogens is 2. The van der Waals surface area contributed by atoms with E-state index in [9.17, 15) is 12.8 Å². The van der Waals surface area contributed by atoms with E-state index in [1.54, 1.807) is 0 Å². The molecule has 1 aliphatic heterocycles. The highest BCUT2D eigenvalue weighted by Gasteiger charge is 2.35. The van der Waals surface area contributed by atoms with Gasteiger partial charge in [-0.3, -0.25) is 0 Å². The lowest BCUT2D eigenvalue weighted by Crippen LogP contribution is -2.53. The standard InChI is InChI=1S/C9H9BrFNO3S/c10-8-2-1-7(3-9(8)11)16(14,15)12-4-6(13)5-12/h1-3,6,13H,4-5H2. The molecule has 16 heavy (non-hydrogen) atoms. The fourth-order valence-electron chi connectivity index (χ4n) is 1.40. The smallest absolute Gasteiger partial charge is 0.243 e. The molecule has 7 heteroatoms. The van der Waals surface area contributed by atoms with E-state index in [4.69, 9.17) is 5.11 Å². The summed E-state index contributed by atoms with van der Waals surface area (Å²) < 4.78 is 38.2. The Morgan fingerprint density at radius 3 is 2.56 bits per heavy atom. The van der Waals surface area contributed by atoms with Crippen molar-refractivity contribution in [2.24, 2.45) is 0 Å². The second-order valence-electron chi connectivity index (χ2n) is 3.55. The average Bonchev–Trinajstić information content (AvgIpc) is 2.17. The predicted octanol–water partition coefficient (Wildman–Crippen LogP) is 0.953. The molecule has 0 radical (unpaired) electrons. The summed E-state index contributed by atoms with van der Waals surface area (Å²) >= 11 is 2.95. The number of hydrogen-bond donors (Lipinski definition) is 1. The van der Waals surface area contributed by atoms with Crippen LogP contribution in [0, 0.1) is 5.82 Å². The van der Waals surface area contributed by atoms with Gasteiger partial charge in [-0.05, 0) is 34.1 Å². The zero-order valence-electron chi connectivity index (χ0n) is 8.10. The molecule has 88 valence electrons. The number of hydrogen-bond acceptors (Lipinski definition) is 3. The lowest BCUT2D eigenvalue weighted by Gasteiger charge is -2.34. The van der Waals surface area contributed by atoms with Crippen LogP contribution in [0.1, 0.15) is 0 Å². The summed E-state index contributed by atoms with van der Waals surface area (Å²) in [5.41, 5.74) is 0. The number of nitrogens with zero attached hydrogens (tertiary/aromatic N) is 1. The third-order valence-electron chi connectivity index (χ3n) is 2.36. The second-order valence-corrected chi connectivity index (χ2v) is 6.34. The number of benzene rings is 1. The highest BCUT2D eigenvalue weighted by atomic mass is 79.9. The molecule has 4 nitrogen and oxygen atoms in total. The highest BCUT2D eigenvalue weighted by Crippen LogP contribution is 2.24. The van der Waals surface area contributed by atoms with Crippen LogP contribution in [-0.2, 0) is 10.0 Å². The largest absolute Gasteiger partial charge is 0.390 e. The fourth-order valence-corrected chi connectivity index (χ4v) is 3.17. The molecule has 1 saturated heterocycles. The van der Waals surface area contributed by atoms with Gasteiger partial charge in [-0.15, -0.1) is 0 Å². The van der Waals surface area contributed by atoms with E-state index in [2.05, 4.69) is 15.9 Å². The van der Waals surface area contributed by atoms with Crippen molar-refractivity contribution in [2.45, 2.75) is 11.0 Å². The van der Waals surface area contributed by atoms with E-state index in [-0.39, 0.29) is 22.5 Å². The van der Waals surface area contributed by atoms with E-state index in [1.807, 2.05) is 0 Å². The molecule has 1 N–H and O–H groups in total. The number of β-amino-alcohol motifs (C(OH)–C–C–N with tert-alkyl or cyclic N) is 1. The molecule has 0 atom stereocenters. The number of aliphatic hydroxyl groups excluding tert-OH is 1. The first-order valence-corrected chi connectivity index (χ1v) is 6.78. The first-order valence-electron chi connectivity index (χ1n) is 4.54. The molecule has 0 amide bonds.